The Morgan fingerprint density at radius 1 is 1.32 bits per heavy atom. The van der Waals surface area contributed by atoms with Crippen molar-refractivity contribution in [3.8, 4) is 11.4 Å². The lowest BCUT2D eigenvalue weighted by atomic mass is 9.84. The van der Waals surface area contributed by atoms with Crippen molar-refractivity contribution >= 4 is 17.5 Å². The number of benzene rings is 1. The topological polar surface area (TPSA) is 135 Å². The van der Waals surface area contributed by atoms with Crippen molar-refractivity contribution in [2.75, 3.05) is 23.7 Å². The standard InChI is InChI=1S/C26H35F2N9O3/c1-25(2)12-15(9-16-7-6-8-36(16)25)30-22-18(28)13-29-23(32-22)31-19-11-20(37-24(38)35(5)33-34-37)21(10-17(19)27)40-14-26(3,4)39/h10-11,13,15-16,39H,6-9,12,14H2,1-5H3,(H2,29,30,31,32)/t15-,16+/m1/s1/i5D3,8D2,14D2. The number of aliphatic hydroxyl groups is 1. The number of ether oxygens (including phenoxy) is 1. The van der Waals surface area contributed by atoms with E-state index in [4.69, 9.17) is 14.3 Å². The fourth-order valence-electron chi connectivity index (χ4n) is 5.07. The number of rotatable bonds is 8. The van der Waals surface area contributed by atoms with Gasteiger partial charge in [-0.1, -0.05) is 0 Å². The first-order chi connectivity index (χ1) is 21.5. The van der Waals surface area contributed by atoms with Crippen molar-refractivity contribution in [2.24, 2.45) is 6.98 Å². The summed E-state index contributed by atoms with van der Waals surface area (Å²) in [5.74, 6) is -2.95. The van der Waals surface area contributed by atoms with E-state index in [-0.39, 0.29) is 28.5 Å². The van der Waals surface area contributed by atoms with Crippen molar-refractivity contribution < 1.29 is 28.2 Å². The van der Waals surface area contributed by atoms with Crippen LogP contribution in [0.2, 0.25) is 0 Å². The highest BCUT2D eigenvalue weighted by Crippen LogP contribution is 2.38. The summed E-state index contributed by atoms with van der Waals surface area (Å²) in [4.78, 5) is 22.9. The Morgan fingerprint density at radius 2 is 2.12 bits per heavy atom. The molecule has 1 aromatic carbocycles. The Kier molecular flexibility index (Phi) is 5.26. The highest BCUT2D eigenvalue weighted by Gasteiger charge is 2.43. The first kappa shape index (κ1) is 20.3. The molecule has 3 N–H and O–H groups in total. The summed E-state index contributed by atoms with van der Waals surface area (Å²) in [6.07, 6.45) is 2.93. The van der Waals surface area contributed by atoms with E-state index in [1.807, 2.05) is 18.7 Å². The molecule has 2 fully saturated rings. The van der Waals surface area contributed by atoms with Gasteiger partial charge in [0.1, 0.15) is 18.0 Å². The number of nitrogens with zero attached hydrogens (tertiary/aromatic N) is 7. The number of hydrogen-bond donors (Lipinski definition) is 3. The van der Waals surface area contributed by atoms with Gasteiger partial charge in [-0.25, -0.2) is 18.6 Å². The third kappa shape index (κ3) is 5.77. The lowest BCUT2D eigenvalue weighted by molar-refractivity contribution is 0.0283. The van der Waals surface area contributed by atoms with Gasteiger partial charge in [-0.2, -0.15) is 14.3 Å². The van der Waals surface area contributed by atoms with Crippen molar-refractivity contribution in [3.63, 3.8) is 0 Å². The van der Waals surface area contributed by atoms with Crippen LogP contribution in [0.3, 0.4) is 0 Å². The van der Waals surface area contributed by atoms with Crippen molar-refractivity contribution in [2.45, 2.75) is 76.6 Å². The minimum Gasteiger partial charge on any atom is -0.488 e. The predicted molar refractivity (Wildman–Crippen MR) is 144 cm³/mol. The number of tetrazole rings is 1. The summed E-state index contributed by atoms with van der Waals surface area (Å²) in [6, 6.07) is 1.30. The maximum atomic E-state index is 15.5. The van der Waals surface area contributed by atoms with E-state index in [2.05, 4.69) is 31.0 Å². The molecule has 40 heavy (non-hydrogen) atoms. The van der Waals surface area contributed by atoms with Crippen LogP contribution in [0.25, 0.3) is 5.69 Å². The normalized spacial score (nSPS) is 25.3. The van der Waals surface area contributed by atoms with Gasteiger partial charge in [0.05, 0.1) is 20.2 Å². The zero-order chi connectivity index (χ0) is 34.9. The second kappa shape index (κ2) is 10.4. The van der Waals surface area contributed by atoms with Crippen LogP contribution in [0.15, 0.2) is 23.1 Å². The molecule has 0 radical (unpaired) electrons. The molecule has 2 aromatic heterocycles. The van der Waals surface area contributed by atoms with Crippen molar-refractivity contribution in [1.82, 2.24) is 34.7 Å². The summed E-state index contributed by atoms with van der Waals surface area (Å²) in [6.45, 7) is -1.23. The van der Waals surface area contributed by atoms with Crippen LogP contribution in [0.1, 0.15) is 63.0 Å². The Morgan fingerprint density at radius 3 is 2.85 bits per heavy atom. The smallest absolute Gasteiger partial charge is 0.368 e. The maximum Gasteiger partial charge on any atom is 0.368 e. The summed E-state index contributed by atoms with van der Waals surface area (Å²) >= 11 is 0. The number of hydrogen-bond acceptors (Lipinski definition) is 10. The fraction of sp³-hybridized carbons (Fsp3) is 0.577. The summed E-state index contributed by atoms with van der Waals surface area (Å²) < 4.78 is 91.8. The summed E-state index contributed by atoms with van der Waals surface area (Å²) in [7, 11) is 0. The van der Waals surface area contributed by atoms with E-state index in [9.17, 15) is 14.3 Å². The van der Waals surface area contributed by atoms with Gasteiger partial charge in [-0.15, -0.1) is 0 Å². The highest BCUT2D eigenvalue weighted by molar-refractivity contribution is 5.63. The van der Waals surface area contributed by atoms with Gasteiger partial charge in [0.25, 0.3) is 0 Å². The number of aromatic nitrogens is 6. The quantitative estimate of drug-likeness (QED) is 0.374. The molecule has 0 amide bonds. The SMILES string of the molecule is [2H]C1([2H])CC[C@H]2C[C@@H](Nc3nc(Nc4cc(-n5nnn(C([2H])([2H])[2H])c5=O)c(OC([2H])([2H])C(C)(C)O)cc4F)ncc3F)CC(C)(C)N21. The maximum absolute atomic E-state index is 15.5. The summed E-state index contributed by atoms with van der Waals surface area (Å²) in [5.41, 5.74) is -4.79. The molecular weight excluding hydrogens is 524 g/mol. The van der Waals surface area contributed by atoms with Crippen LogP contribution in [0.5, 0.6) is 5.75 Å². The van der Waals surface area contributed by atoms with E-state index < -0.39 is 65.6 Å². The van der Waals surface area contributed by atoms with Crippen LogP contribution >= 0.6 is 0 Å². The van der Waals surface area contributed by atoms with Crippen LogP contribution in [-0.2, 0) is 6.98 Å². The Balaban J connectivity index is 1.47. The molecular formula is C26H35F2N9O3. The van der Waals surface area contributed by atoms with Gasteiger partial charge in [0.15, 0.2) is 17.5 Å². The molecule has 216 valence electrons. The Labute approximate surface area is 240 Å². The molecule has 4 heterocycles. The highest BCUT2D eigenvalue weighted by atomic mass is 19.1. The molecule has 0 aliphatic carbocycles. The van der Waals surface area contributed by atoms with E-state index in [1.165, 1.54) is 0 Å². The molecule has 0 spiro atoms. The van der Waals surface area contributed by atoms with Gasteiger partial charge in [-0.05, 0) is 76.4 Å². The molecule has 0 saturated carbocycles. The number of fused-ring (bicyclic) bond motifs is 1. The Hall–Kier alpha value is -3.65. The molecule has 5 rings (SSSR count). The van der Waals surface area contributed by atoms with E-state index >= 15 is 4.39 Å². The zero-order valence-corrected chi connectivity index (χ0v) is 22.4. The number of piperidine rings is 1. The largest absolute Gasteiger partial charge is 0.488 e. The lowest BCUT2D eigenvalue weighted by Gasteiger charge is -2.47. The van der Waals surface area contributed by atoms with E-state index in [0.717, 1.165) is 26.1 Å². The molecule has 2 aliphatic rings. The molecule has 2 atom stereocenters. The molecule has 0 bridgehead atoms. The first-order valence-electron chi connectivity index (χ1n) is 16.2. The van der Waals surface area contributed by atoms with Gasteiger partial charge < -0.3 is 20.5 Å². The molecule has 12 nitrogen and oxygen atoms in total. The molecule has 2 aliphatic heterocycles. The minimum absolute atomic E-state index is 0.0590. The van der Waals surface area contributed by atoms with Crippen LogP contribution in [0, 0.1) is 11.6 Å². The van der Waals surface area contributed by atoms with Crippen molar-refractivity contribution in [3.05, 3.63) is 40.4 Å². The van der Waals surface area contributed by atoms with Crippen LogP contribution in [0.4, 0.5) is 26.2 Å². The molecule has 0 unspecified atom stereocenters. The third-order valence-corrected chi connectivity index (χ3v) is 6.68. The third-order valence-electron chi connectivity index (χ3n) is 6.68. The lowest BCUT2D eigenvalue weighted by Crippen LogP contribution is -2.55. The average Bonchev–Trinajstić information content (AvgIpc) is 3.45. The molecule has 3 aromatic rings. The summed E-state index contributed by atoms with van der Waals surface area (Å²) in [5, 5.41) is 22.8. The molecule has 14 heteroatoms. The predicted octanol–water partition coefficient (Wildman–Crippen LogP) is 2.74. The van der Waals surface area contributed by atoms with Crippen LogP contribution in [-0.4, -0.2) is 76.0 Å². The molecule has 2 saturated heterocycles. The number of nitrogens with one attached hydrogen (secondary N) is 2. The zero-order valence-electron chi connectivity index (χ0n) is 29.4. The number of halogens is 2. The van der Waals surface area contributed by atoms with Crippen molar-refractivity contribution in [1.29, 1.82) is 0 Å². The number of aryl methyl sites for hydroxylation is 1. The number of anilines is 3. The van der Waals surface area contributed by atoms with Gasteiger partial charge >= 0.3 is 5.69 Å². The average molecular weight is 567 g/mol. The minimum atomic E-state index is -3.03. The van der Waals surface area contributed by atoms with Crippen LogP contribution < -0.4 is 21.1 Å². The monoisotopic (exact) mass is 566 g/mol. The van der Waals surface area contributed by atoms with Gasteiger partial charge in [0.2, 0.25) is 5.95 Å². The first-order valence-corrected chi connectivity index (χ1v) is 12.7. The van der Waals surface area contributed by atoms with E-state index in [1.54, 1.807) is 0 Å². The second-order valence-electron chi connectivity index (χ2n) is 11.0. The van der Waals surface area contributed by atoms with Gasteiger partial charge in [0, 0.05) is 37.5 Å². The Bertz CT molecular complexity index is 1730. The van der Waals surface area contributed by atoms with Gasteiger partial charge in [-0.3, -0.25) is 4.90 Å². The van der Waals surface area contributed by atoms with E-state index in [0.29, 0.717) is 36.4 Å². The second-order valence-corrected chi connectivity index (χ2v) is 11.0. The fourth-order valence-corrected chi connectivity index (χ4v) is 5.07.